The van der Waals surface area contributed by atoms with E-state index in [0.717, 1.165) is 0 Å². The topological polar surface area (TPSA) is 118 Å². The van der Waals surface area contributed by atoms with E-state index in [1.165, 1.54) is 24.3 Å². The van der Waals surface area contributed by atoms with Gasteiger partial charge in [0.15, 0.2) is 11.6 Å². The van der Waals surface area contributed by atoms with Gasteiger partial charge in [-0.25, -0.2) is 0 Å². The molecule has 0 fully saturated rings. The number of Topliss-reactive ketones (excluding diaryl/α,β-unsaturated/α-hetero) is 2. The van der Waals surface area contributed by atoms with Crippen molar-refractivity contribution >= 4 is 27.7 Å². The molecule has 1 N–H and O–H groups in total. The molecular formula is C31H33NO7S. The second kappa shape index (κ2) is 9.73. The molecule has 2 aromatic rings. The van der Waals surface area contributed by atoms with Crippen molar-refractivity contribution in [1.29, 1.82) is 0 Å². The van der Waals surface area contributed by atoms with Gasteiger partial charge in [-0.2, -0.15) is 8.42 Å². The van der Waals surface area contributed by atoms with E-state index in [1.54, 1.807) is 35.2 Å². The fraction of sp³-hybridized carbons (Fsp3) is 0.387. The number of aliphatic carboxylic acids is 1. The molecule has 0 atom stereocenters. The maximum atomic E-state index is 13.7. The molecule has 3 aliphatic rings. The predicted octanol–water partition coefficient (Wildman–Crippen LogP) is 5.22. The van der Waals surface area contributed by atoms with Crippen LogP contribution in [0.3, 0.4) is 0 Å². The zero-order valence-electron chi connectivity index (χ0n) is 23.1. The molecule has 210 valence electrons. The lowest BCUT2D eigenvalue weighted by Crippen LogP contribution is -2.45. The van der Waals surface area contributed by atoms with Crippen molar-refractivity contribution in [2.45, 2.75) is 64.2 Å². The van der Waals surface area contributed by atoms with E-state index in [2.05, 4.69) is 0 Å². The Balaban J connectivity index is 1.62. The third-order valence-electron chi connectivity index (χ3n) is 7.77. The van der Waals surface area contributed by atoms with E-state index < -0.39 is 22.0 Å². The van der Waals surface area contributed by atoms with E-state index in [4.69, 9.17) is 4.18 Å². The first-order chi connectivity index (χ1) is 18.7. The molecule has 2 aliphatic carbocycles. The minimum absolute atomic E-state index is 0.0281. The molecule has 0 bridgehead atoms. The van der Waals surface area contributed by atoms with Crippen LogP contribution in [0.2, 0.25) is 0 Å². The molecule has 2 aromatic carbocycles. The number of carboxylic acids is 1. The maximum absolute atomic E-state index is 13.7. The monoisotopic (exact) mass is 563 g/mol. The van der Waals surface area contributed by atoms with Crippen LogP contribution < -0.4 is 4.18 Å². The highest BCUT2D eigenvalue weighted by Gasteiger charge is 2.49. The van der Waals surface area contributed by atoms with Gasteiger partial charge in [-0.05, 0) is 53.5 Å². The summed E-state index contributed by atoms with van der Waals surface area (Å²) in [4.78, 5) is 41.1. The Hall–Kier alpha value is -3.72. The lowest BCUT2D eigenvalue weighted by atomic mass is 9.63. The molecule has 0 aromatic heterocycles. The van der Waals surface area contributed by atoms with Crippen LogP contribution in [0.1, 0.15) is 64.9 Å². The summed E-state index contributed by atoms with van der Waals surface area (Å²) in [6.07, 6.45) is 1.56. The first kappa shape index (κ1) is 27.8. The third kappa shape index (κ3) is 5.22. The van der Waals surface area contributed by atoms with Gasteiger partial charge < -0.3 is 14.2 Å². The highest BCUT2D eigenvalue weighted by molar-refractivity contribution is 7.87. The van der Waals surface area contributed by atoms with Crippen molar-refractivity contribution in [3.8, 4) is 5.75 Å². The van der Waals surface area contributed by atoms with E-state index in [0.29, 0.717) is 40.9 Å². The Labute approximate surface area is 234 Å². The Morgan fingerprint density at radius 3 is 1.82 bits per heavy atom. The molecule has 8 nitrogen and oxygen atoms in total. The zero-order chi connectivity index (χ0) is 29.0. The number of ketones is 2. The number of hydrogen-bond donors (Lipinski definition) is 1. The van der Waals surface area contributed by atoms with Crippen LogP contribution in [-0.4, -0.2) is 42.5 Å². The van der Waals surface area contributed by atoms with Crippen LogP contribution in [0, 0.1) is 10.8 Å². The van der Waals surface area contributed by atoms with Gasteiger partial charge in [0.05, 0.1) is 0 Å². The number of rotatable bonds is 6. The SMILES string of the molecule is CC1(C)CC(=O)C2=C(C1)N(CC(=O)O)C1=C(C(=O)CC(C)(C)C1)C2c1ccc(OS(=O)(=O)c2ccccc2)cc1. The summed E-state index contributed by atoms with van der Waals surface area (Å²) >= 11 is 0. The van der Waals surface area contributed by atoms with Gasteiger partial charge >= 0.3 is 16.1 Å². The summed E-state index contributed by atoms with van der Waals surface area (Å²) in [6.45, 7) is 7.62. The number of carbonyl (C=O) groups excluding carboxylic acids is 2. The van der Waals surface area contributed by atoms with Crippen LogP contribution in [-0.2, 0) is 24.5 Å². The summed E-state index contributed by atoms with van der Waals surface area (Å²) in [5.41, 5.74) is 2.14. The van der Waals surface area contributed by atoms with Crippen LogP contribution in [0.25, 0.3) is 0 Å². The van der Waals surface area contributed by atoms with E-state index in [-0.39, 0.29) is 52.4 Å². The molecule has 5 rings (SSSR count). The van der Waals surface area contributed by atoms with Gasteiger partial charge in [0, 0.05) is 41.3 Å². The molecule has 0 spiro atoms. The van der Waals surface area contributed by atoms with Crippen LogP contribution >= 0.6 is 0 Å². The van der Waals surface area contributed by atoms with Crippen molar-refractivity contribution in [2.24, 2.45) is 10.8 Å². The van der Waals surface area contributed by atoms with Gasteiger partial charge in [0.25, 0.3) is 0 Å². The summed E-state index contributed by atoms with van der Waals surface area (Å²) in [6, 6.07) is 14.2. The van der Waals surface area contributed by atoms with Gasteiger partial charge in [-0.1, -0.05) is 58.0 Å². The maximum Gasteiger partial charge on any atom is 0.339 e. The number of benzene rings is 2. The fourth-order valence-corrected chi connectivity index (χ4v) is 7.14. The van der Waals surface area contributed by atoms with Crippen molar-refractivity contribution in [3.63, 3.8) is 0 Å². The molecule has 1 aliphatic heterocycles. The minimum atomic E-state index is -4.04. The Morgan fingerprint density at radius 2 is 1.35 bits per heavy atom. The summed E-state index contributed by atoms with van der Waals surface area (Å²) in [5, 5.41) is 9.81. The minimum Gasteiger partial charge on any atom is -0.480 e. The average molecular weight is 564 g/mol. The van der Waals surface area contributed by atoms with Crippen molar-refractivity contribution in [3.05, 3.63) is 82.7 Å². The molecule has 0 amide bonds. The molecule has 0 unspecified atom stereocenters. The highest BCUT2D eigenvalue weighted by atomic mass is 32.2. The second-order valence-corrected chi connectivity index (χ2v) is 14.0. The van der Waals surface area contributed by atoms with Crippen molar-refractivity contribution in [1.82, 2.24) is 4.90 Å². The fourth-order valence-electron chi connectivity index (χ4n) is 6.18. The van der Waals surface area contributed by atoms with Crippen LogP contribution in [0.5, 0.6) is 5.75 Å². The first-order valence-corrected chi connectivity index (χ1v) is 14.7. The molecule has 0 radical (unpaired) electrons. The summed E-state index contributed by atoms with van der Waals surface area (Å²) in [7, 11) is -4.04. The highest BCUT2D eigenvalue weighted by Crippen LogP contribution is 2.54. The molecular weight excluding hydrogens is 530 g/mol. The predicted molar refractivity (Wildman–Crippen MR) is 148 cm³/mol. The van der Waals surface area contributed by atoms with Gasteiger partial charge in [0.1, 0.15) is 17.2 Å². The Bertz CT molecular complexity index is 1510. The number of nitrogens with zero attached hydrogens (tertiary/aromatic N) is 1. The van der Waals surface area contributed by atoms with Crippen LogP contribution in [0.4, 0.5) is 0 Å². The standard InChI is InChI=1S/C31H33NO7S/c1-30(2)14-22-28(24(33)16-30)27(29-23(32(22)18-26(35)36)15-31(3,4)17-25(29)34)19-10-12-20(13-11-19)39-40(37,38)21-8-6-5-7-9-21/h5-13,27H,14-18H2,1-4H3,(H,35,36). The zero-order valence-corrected chi connectivity index (χ0v) is 23.9. The van der Waals surface area contributed by atoms with Gasteiger partial charge in [-0.3, -0.25) is 14.4 Å². The van der Waals surface area contributed by atoms with E-state index in [1.807, 2.05) is 27.7 Å². The Morgan fingerprint density at radius 1 is 0.850 bits per heavy atom. The third-order valence-corrected chi connectivity index (χ3v) is 9.03. The number of carbonyl (C=O) groups is 3. The van der Waals surface area contributed by atoms with Gasteiger partial charge in [0.2, 0.25) is 0 Å². The van der Waals surface area contributed by atoms with E-state index in [9.17, 15) is 27.9 Å². The molecule has 9 heteroatoms. The quantitative estimate of drug-likeness (QED) is 0.475. The largest absolute Gasteiger partial charge is 0.480 e. The smallest absolute Gasteiger partial charge is 0.339 e. The first-order valence-electron chi connectivity index (χ1n) is 13.3. The molecule has 40 heavy (non-hydrogen) atoms. The molecule has 1 heterocycles. The van der Waals surface area contributed by atoms with Crippen LogP contribution in [0.15, 0.2) is 82.0 Å². The molecule has 0 saturated carbocycles. The molecule has 0 saturated heterocycles. The summed E-state index contributed by atoms with van der Waals surface area (Å²) in [5.74, 6) is -1.82. The van der Waals surface area contributed by atoms with Crippen molar-refractivity contribution in [2.75, 3.05) is 6.54 Å². The number of carboxylic acid groups (broad SMARTS) is 1. The van der Waals surface area contributed by atoms with Gasteiger partial charge in [-0.15, -0.1) is 0 Å². The normalized spacial score (nSPS) is 20.8. The van der Waals surface area contributed by atoms with E-state index >= 15 is 0 Å². The summed E-state index contributed by atoms with van der Waals surface area (Å²) < 4.78 is 30.8. The lowest BCUT2D eigenvalue weighted by molar-refractivity contribution is -0.138. The Kier molecular flexibility index (Phi) is 6.77. The average Bonchev–Trinajstić information content (AvgIpc) is 2.84. The number of allylic oxidation sites excluding steroid dienone is 4. The van der Waals surface area contributed by atoms with Crippen molar-refractivity contribution < 1.29 is 32.1 Å². The second-order valence-electron chi connectivity index (χ2n) is 12.4. The number of hydrogen-bond acceptors (Lipinski definition) is 7. The lowest BCUT2D eigenvalue weighted by Gasteiger charge is -2.48.